The smallest absolute Gasteiger partial charge is 0.326 e. The van der Waals surface area contributed by atoms with Gasteiger partial charge in [0.2, 0.25) is 17.7 Å². The van der Waals surface area contributed by atoms with E-state index in [9.17, 15) is 29.4 Å². The maximum absolute atomic E-state index is 13.4. The number of hydrogen-bond donors (Lipinski definition) is 7. The Hall–Kier alpha value is -3.18. The zero-order valence-corrected chi connectivity index (χ0v) is 22.9. The lowest BCUT2D eigenvalue weighted by atomic mass is 9.98. The van der Waals surface area contributed by atoms with E-state index in [0.717, 1.165) is 0 Å². The van der Waals surface area contributed by atoms with Gasteiger partial charge in [0.25, 0.3) is 0 Å². The average Bonchev–Trinajstić information content (AvgIpc) is 2.87. The number of phenols is 1. The van der Waals surface area contributed by atoms with Gasteiger partial charge in [-0.1, -0.05) is 46.2 Å². The number of carbonyl (C=O) groups is 4. The summed E-state index contributed by atoms with van der Waals surface area (Å²) < 4.78 is 0. The van der Waals surface area contributed by atoms with Crippen molar-refractivity contribution in [3.63, 3.8) is 0 Å². The molecule has 0 fully saturated rings. The van der Waals surface area contributed by atoms with Crippen LogP contribution >= 0.6 is 0 Å². The minimum Gasteiger partial charge on any atom is -0.508 e. The van der Waals surface area contributed by atoms with Gasteiger partial charge in [0.1, 0.15) is 23.9 Å². The molecule has 214 valence electrons. The molecule has 1 rings (SSSR count). The van der Waals surface area contributed by atoms with Crippen LogP contribution in [0.1, 0.15) is 65.4 Å². The molecule has 0 aromatic heterocycles. The molecule has 0 saturated heterocycles. The molecule has 11 heteroatoms. The number of hydrogen-bond acceptors (Lipinski definition) is 7. The predicted octanol–water partition coefficient (Wildman–Crippen LogP) is 1.02. The lowest BCUT2D eigenvalue weighted by Crippen LogP contribution is -2.58. The maximum Gasteiger partial charge on any atom is 0.326 e. The van der Waals surface area contributed by atoms with Gasteiger partial charge in [0, 0.05) is 6.42 Å². The Morgan fingerprint density at radius 3 is 1.95 bits per heavy atom. The van der Waals surface area contributed by atoms with Crippen molar-refractivity contribution in [2.45, 2.75) is 90.4 Å². The van der Waals surface area contributed by atoms with E-state index in [1.54, 1.807) is 12.1 Å². The molecule has 11 nitrogen and oxygen atoms in total. The van der Waals surface area contributed by atoms with Crippen LogP contribution < -0.4 is 27.4 Å². The van der Waals surface area contributed by atoms with Crippen LogP contribution in [0.2, 0.25) is 0 Å². The SMILES string of the molecule is CCC(C)C(N)C(=O)NC(Cc1ccc(O)cc1)C(=O)NC(CCCCN)C(=O)NC(CC(C)C)C(=O)O. The van der Waals surface area contributed by atoms with Gasteiger partial charge in [0.15, 0.2) is 0 Å². The summed E-state index contributed by atoms with van der Waals surface area (Å²) >= 11 is 0. The Bertz CT molecular complexity index is 908. The summed E-state index contributed by atoms with van der Waals surface area (Å²) in [6.45, 7) is 7.85. The number of amides is 3. The molecule has 0 saturated carbocycles. The molecular formula is C27H45N5O6. The number of carboxylic acid groups (broad SMARTS) is 1. The standard InChI is InChI=1S/C27H45N5O6/c1-5-17(4)23(29)26(36)31-21(15-18-9-11-19(33)12-10-18)25(35)30-20(8-6-7-13-28)24(34)32-22(27(37)38)14-16(2)3/h9-12,16-17,20-23,33H,5-8,13-15,28-29H2,1-4H3,(H,30,35)(H,31,36)(H,32,34)(H,37,38). The van der Waals surface area contributed by atoms with Crippen LogP contribution in [0, 0.1) is 11.8 Å². The zero-order valence-electron chi connectivity index (χ0n) is 22.9. The van der Waals surface area contributed by atoms with Crippen LogP contribution in [0.5, 0.6) is 5.75 Å². The van der Waals surface area contributed by atoms with Gasteiger partial charge in [-0.05, 0) is 61.8 Å². The van der Waals surface area contributed by atoms with Gasteiger partial charge in [0.05, 0.1) is 6.04 Å². The molecule has 0 radical (unpaired) electrons. The van der Waals surface area contributed by atoms with E-state index < -0.39 is 47.9 Å². The van der Waals surface area contributed by atoms with E-state index in [2.05, 4.69) is 16.0 Å². The first kappa shape index (κ1) is 32.8. The largest absolute Gasteiger partial charge is 0.508 e. The second-order valence-electron chi connectivity index (χ2n) is 10.2. The van der Waals surface area contributed by atoms with Crippen LogP contribution in [-0.2, 0) is 25.6 Å². The third-order valence-corrected chi connectivity index (χ3v) is 6.47. The number of nitrogens with one attached hydrogen (secondary N) is 3. The summed E-state index contributed by atoms with van der Waals surface area (Å²) in [5.74, 6) is -2.90. The summed E-state index contributed by atoms with van der Waals surface area (Å²) in [7, 11) is 0. The number of rotatable bonds is 17. The number of unbranched alkanes of at least 4 members (excludes halogenated alkanes) is 1. The van der Waals surface area contributed by atoms with Gasteiger partial charge < -0.3 is 37.6 Å². The van der Waals surface area contributed by atoms with Crippen molar-refractivity contribution in [1.29, 1.82) is 0 Å². The van der Waals surface area contributed by atoms with Crippen molar-refractivity contribution in [3.05, 3.63) is 29.8 Å². The third-order valence-electron chi connectivity index (χ3n) is 6.47. The van der Waals surface area contributed by atoms with Crippen molar-refractivity contribution in [1.82, 2.24) is 16.0 Å². The normalized spacial score (nSPS) is 15.1. The van der Waals surface area contributed by atoms with Gasteiger partial charge >= 0.3 is 5.97 Å². The summed E-state index contributed by atoms with van der Waals surface area (Å²) in [6.07, 6.45) is 2.39. The fraction of sp³-hybridized carbons (Fsp3) is 0.630. The highest BCUT2D eigenvalue weighted by Crippen LogP contribution is 2.13. The summed E-state index contributed by atoms with van der Waals surface area (Å²) in [6, 6.07) is 2.20. The van der Waals surface area contributed by atoms with E-state index in [0.29, 0.717) is 31.4 Å². The monoisotopic (exact) mass is 535 g/mol. The van der Waals surface area contributed by atoms with Crippen molar-refractivity contribution in [3.8, 4) is 5.75 Å². The molecule has 0 spiro atoms. The zero-order chi connectivity index (χ0) is 28.8. The van der Waals surface area contributed by atoms with Crippen molar-refractivity contribution >= 4 is 23.7 Å². The van der Waals surface area contributed by atoms with Crippen LogP contribution in [0.15, 0.2) is 24.3 Å². The molecule has 1 aromatic carbocycles. The van der Waals surface area contributed by atoms with Crippen LogP contribution in [0.25, 0.3) is 0 Å². The number of benzene rings is 1. The van der Waals surface area contributed by atoms with E-state index in [-0.39, 0.29) is 36.8 Å². The molecule has 0 aliphatic carbocycles. The van der Waals surface area contributed by atoms with E-state index >= 15 is 0 Å². The predicted molar refractivity (Wildman–Crippen MR) is 145 cm³/mol. The van der Waals surface area contributed by atoms with E-state index in [4.69, 9.17) is 11.5 Å². The van der Waals surface area contributed by atoms with Gasteiger partial charge in [-0.2, -0.15) is 0 Å². The Morgan fingerprint density at radius 2 is 1.42 bits per heavy atom. The first-order chi connectivity index (χ1) is 17.9. The second-order valence-corrected chi connectivity index (χ2v) is 10.2. The van der Waals surface area contributed by atoms with E-state index in [1.807, 2.05) is 27.7 Å². The van der Waals surface area contributed by atoms with Crippen LogP contribution in [-0.4, -0.2) is 64.6 Å². The topological polar surface area (TPSA) is 197 Å². The first-order valence-electron chi connectivity index (χ1n) is 13.3. The lowest BCUT2D eigenvalue weighted by Gasteiger charge is -2.26. The van der Waals surface area contributed by atoms with Crippen molar-refractivity contribution in [2.75, 3.05) is 6.54 Å². The van der Waals surface area contributed by atoms with Crippen molar-refractivity contribution < 1.29 is 29.4 Å². The molecule has 5 unspecified atom stereocenters. The van der Waals surface area contributed by atoms with E-state index in [1.165, 1.54) is 12.1 Å². The molecule has 0 bridgehead atoms. The number of nitrogens with two attached hydrogens (primary N) is 2. The number of carbonyl (C=O) groups excluding carboxylic acids is 3. The van der Waals surface area contributed by atoms with Gasteiger partial charge in [-0.25, -0.2) is 4.79 Å². The molecular weight excluding hydrogens is 490 g/mol. The molecule has 0 heterocycles. The quantitative estimate of drug-likeness (QED) is 0.143. The van der Waals surface area contributed by atoms with Crippen LogP contribution in [0.4, 0.5) is 0 Å². The Kier molecular flexibility index (Phi) is 14.4. The first-order valence-corrected chi connectivity index (χ1v) is 13.3. The Balaban J connectivity index is 3.16. The third kappa shape index (κ3) is 11.5. The molecule has 3 amide bonds. The Labute approximate surface area is 225 Å². The Morgan fingerprint density at radius 1 is 0.868 bits per heavy atom. The summed E-state index contributed by atoms with van der Waals surface area (Å²) in [5, 5.41) is 27.1. The van der Waals surface area contributed by atoms with Crippen molar-refractivity contribution in [2.24, 2.45) is 23.3 Å². The number of carboxylic acids is 1. The molecule has 38 heavy (non-hydrogen) atoms. The molecule has 0 aliphatic heterocycles. The highest BCUT2D eigenvalue weighted by atomic mass is 16.4. The molecule has 9 N–H and O–H groups in total. The minimum absolute atomic E-state index is 0.0290. The number of aliphatic carboxylic acids is 1. The summed E-state index contributed by atoms with van der Waals surface area (Å²) in [5.41, 5.74) is 12.3. The highest BCUT2D eigenvalue weighted by molar-refractivity contribution is 5.94. The highest BCUT2D eigenvalue weighted by Gasteiger charge is 2.31. The van der Waals surface area contributed by atoms with Gasteiger partial charge in [-0.15, -0.1) is 0 Å². The summed E-state index contributed by atoms with van der Waals surface area (Å²) in [4.78, 5) is 51.0. The maximum atomic E-state index is 13.4. The fourth-order valence-electron chi connectivity index (χ4n) is 3.86. The molecule has 0 aliphatic rings. The minimum atomic E-state index is -1.16. The average molecular weight is 536 g/mol. The molecule has 5 atom stereocenters. The fourth-order valence-corrected chi connectivity index (χ4v) is 3.86. The molecule has 1 aromatic rings. The van der Waals surface area contributed by atoms with Gasteiger partial charge in [-0.3, -0.25) is 14.4 Å². The second kappa shape index (κ2) is 16.6. The number of aromatic hydroxyl groups is 1. The lowest BCUT2D eigenvalue weighted by molar-refractivity contribution is -0.142. The number of phenolic OH excluding ortho intramolecular Hbond substituents is 1. The van der Waals surface area contributed by atoms with Crippen LogP contribution in [0.3, 0.4) is 0 Å².